The summed E-state index contributed by atoms with van der Waals surface area (Å²) in [5.74, 6) is 0.921. The average Bonchev–Trinajstić information content (AvgIpc) is 3.62. The Morgan fingerprint density at radius 3 is 2.58 bits per heavy atom. The number of fused-ring (bicyclic) bond motifs is 3. The van der Waals surface area contributed by atoms with Crippen molar-refractivity contribution in [2.45, 2.75) is 24.9 Å². The predicted molar refractivity (Wildman–Crippen MR) is 135 cm³/mol. The van der Waals surface area contributed by atoms with E-state index in [1.807, 2.05) is 27.8 Å². The number of aromatic nitrogens is 5. The minimum absolute atomic E-state index is 0.0124. The van der Waals surface area contributed by atoms with E-state index in [4.69, 9.17) is 10.8 Å². The van der Waals surface area contributed by atoms with Crippen LogP contribution in [0.4, 0.5) is 11.6 Å². The van der Waals surface area contributed by atoms with Crippen LogP contribution in [-0.2, 0) is 4.79 Å². The molecule has 10 heteroatoms. The molecule has 4 aromatic rings. The number of nitrogens with zero attached hydrogens (tertiary/aromatic N) is 6. The van der Waals surface area contributed by atoms with E-state index in [-0.39, 0.29) is 23.9 Å². The van der Waals surface area contributed by atoms with Crippen LogP contribution < -0.4 is 11.1 Å². The summed E-state index contributed by atoms with van der Waals surface area (Å²) >= 11 is 0. The molecule has 1 aliphatic carbocycles. The third-order valence-electron chi connectivity index (χ3n) is 7.07. The number of benzene rings is 1. The predicted octanol–water partition coefficient (Wildman–Crippen LogP) is 3.07. The van der Waals surface area contributed by atoms with Gasteiger partial charge in [-0.2, -0.15) is 5.10 Å². The molecule has 2 fully saturated rings. The smallest absolute Gasteiger partial charge is 0.256 e. The summed E-state index contributed by atoms with van der Waals surface area (Å²) in [5, 5.41) is 8.38. The van der Waals surface area contributed by atoms with Gasteiger partial charge in [0, 0.05) is 23.9 Å². The van der Waals surface area contributed by atoms with E-state index in [2.05, 4.69) is 26.8 Å². The zero-order chi connectivity index (χ0) is 24.8. The maximum Gasteiger partial charge on any atom is 0.256 e. The summed E-state index contributed by atoms with van der Waals surface area (Å²) in [6.07, 6.45) is 6.27. The van der Waals surface area contributed by atoms with Gasteiger partial charge in [0.2, 0.25) is 5.91 Å². The lowest BCUT2D eigenvalue weighted by Gasteiger charge is -2.32. The van der Waals surface area contributed by atoms with Crippen LogP contribution >= 0.6 is 0 Å². The van der Waals surface area contributed by atoms with Gasteiger partial charge in [-0.05, 0) is 49.1 Å². The Bertz CT molecular complexity index is 1480. The van der Waals surface area contributed by atoms with Gasteiger partial charge in [-0.15, -0.1) is 0 Å². The second kappa shape index (κ2) is 8.56. The Hall–Kier alpha value is -4.60. The fraction of sp³-hybridized carbons (Fsp3) is 0.231. The molecule has 4 heterocycles. The molecule has 36 heavy (non-hydrogen) atoms. The molecule has 1 saturated heterocycles. The van der Waals surface area contributed by atoms with Crippen LogP contribution in [0.3, 0.4) is 0 Å². The normalized spacial score (nSPS) is 20.6. The SMILES string of the molecule is C=CC(=O)N1C[C@@H]2C[C@@H]1[C@@H](n1nc(-c3ccc(C(=O)Nc4ccccn4)cc3)c3c(N)ncnc31)C2. The van der Waals surface area contributed by atoms with Gasteiger partial charge in [0.25, 0.3) is 5.91 Å². The lowest BCUT2D eigenvalue weighted by molar-refractivity contribution is -0.128. The highest BCUT2D eigenvalue weighted by Crippen LogP contribution is 2.46. The average molecular weight is 481 g/mol. The van der Waals surface area contributed by atoms with Crippen molar-refractivity contribution in [2.75, 3.05) is 17.6 Å². The number of pyridine rings is 1. The summed E-state index contributed by atoms with van der Waals surface area (Å²) in [7, 11) is 0. The first kappa shape index (κ1) is 21.9. The maximum absolute atomic E-state index is 12.6. The number of hydrogen-bond acceptors (Lipinski definition) is 7. The van der Waals surface area contributed by atoms with Crippen molar-refractivity contribution in [3.05, 3.63) is 73.2 Å². The third kappa shape index (κ3) is 3.58. The molecule has 2 aliphatic rings. The summed E-state index contributed by atoms with van der Waals surface area (Å²) in [5.41, 5.74) is 8.85. The number of nitrogens with one attached hydrogen (secondary N) is 1. The zero-order valence-electron chi connectivity index (χ0n) is 19.4. The first-order chi connectivity index (χ1) is 17.5. The van der Waals surface area contributed by atoms with Crippen molar-refractivity contribution in [1.82, 2.24) is 29.6 Å². The second-order valence-corrected chi connectivity index (χ2v) is 9.16. The van der Waals surface area contributed by atoms with Gasteiger partial charge >= 0.3 is 0 Å². The highest BCUT2D eigenvalue weighted by atomic mass is 16.2. The minimum Gasteiger partial charge on any atom is -0.383 e. The van der Waals surface area contributed by atoms with Crippen molar-refractivity contribution in [1.29, 1.82) is 0 Å². The Morgan fingerprint density at radius 1 is 1.06 bits per heavy atom. The van der Waals surface area contributed by atoms with Gasteiger partial charge < -0.3 is 16.0 Å². The minimum atomic E-state index is -0.257. The lowest BCUT2D eigenvalue weighted by Crippen LogP contribution is -2.42. The molecule has 10 nitrogen and oxygen atoms in total. The molecule has 0 spiro atoms. The van der Waals surface area contributed by atoms with Gasteiger partial charge in [0.15, 0.2) is 5.65 Å². The molecule has 0 unspecified atom stereocenters. The van der Waals surface area contributed by atoms with Crippen LogP contribution in [0.5, 0.6) is 0 Å². The van der Waals surface area contributed by atoms with E-state index in [1.165, 1.54) is 12.4 Å². The first-order valence-corrected chi connectivity index (χ1v) is 11.8. The number of carbonyl (C=O) groups excluding carboxylic acids is 2. The fourth-order valence-electron chi connectivity index (χ4n) is 5.46. The fourth-order valence-corrected chi connectivity index (χ4v) is 5.46. The van der Waals surface area contributed by atoms with Gasteiger partial charge in [-0.25, -0.2) is 19.6 Å². The number of hydrogen-bond donors (Lipinski definition) is 2. The van der Waals surface area contributed by atoms with E-state index < -0.39 is 0 Å². The van der Waals surface area contributed by atoms with Crippen molar-refractivity contribution >= 4 is 34.5 Å². The van der Waals surface area contributed by atoms with Crippen molar-refractivity contribution in [2.24, 2.45) is 5.92 Å². The number of carbonyl (C=O) groups is 2. The first-order valence-electron chi connectivity index (χ1n) is 11.8. The number of likely N-dealkylation sites (tertiary alicyclic amines) is 1. The van der Waals surface area contributed by atoms with Crippen LogP contribution in [0.2, 0.25) is 0 Å². The Morgan fingerprint density at radius 2 is 1.86 bits per heavy atom. The van der Waals surface area contributed by atoms with Crippen molar-refractivity contribution < 1.29 is 9.59 Å². The molecule has 3 N–H and O–H groups in total. The molecule has 0 radical (unpaired) electrons. The number of amides is 2. The van der Waals surface area contributed by atoms with Crippen LogP contribution in [-0.4, -0.2) is 54.0 Å². The molecule has 3 atom stereocenters. The molecule has 2 bridgehead atoms. The van der Waals surface area contributed by atoms with Gasteiger partial charge in [0.1, 0.15) is 23.7 Å². The zero-order valence-corrected chi connectivity index (χ0v) is 19.4. The van der Waals surface area contributed by atoms with Crippen molar-refractivity contribution in [3.8, 4) is 11.3 Å². The largest absolute Gasteiger partial charge is 0.383 e. The summed E-state index contributed by atoms with van der Waals surface area (Å²) in [6, 6.07) is 12.5. The number of nitrogen functional groups attached to an aromatic ring is 1. The van der Waals surface area contributed by atoms with E-state index in [0.717, 1.165) is 24.9 Å². The lowest BCUT2D eigenvalue weighted by atomic mass is 10.1. The van der Waals surface area contributed by atoms with E-state index in [1.54, 1.807) is 30.5 Å². The number of nitrogens with two attached hydrogens (primary N) is 1. The molecule has 1 saturated carbocycles. The third-order valence-corrected chi connectivity index (χ3v) is 7.07. The summed E-state index contributed by atoms with van der Waals surface area (Å²) < 4.78 is 1.90. The second-order valence-electron chi connectivity index (χ2n) is 9.16. The summed E-state index contributed by atoms with van der Waals surface area (Å²) in [6.45, 7) is 4.40. The topological polar surface area (TPSA) is 132 Å². The van der Waals surface area contributed by atoms with E-state index in [9.17, 15) is 9.59 Å². The van der Waals surface area contributed by atoms with Gasteiger partial charge in [0.05, 0.1) is 17.5 Å². The quantitative estimate of drug-likeness (QED) is 0.420. The summed E-state index contributed by atoms with van der Waals surface area (Å²) in [4.78, 5) is 39.8. The monoisotopic (exact) mass is 480 g/mol. The molecule has 6 rings (SSSR count). The van der Waals surface area contributed by atoms with E-state index in [0.29, 0.717) is 39.8 Å². The highest BCUT2D eigenvalue weighted by molar-refractivity contribution is 6.04. The standard InChI is InChI=1S/C26H24N8O2/c1-2-21(35)33-13-15-11-18(33)19(12-15)34-25-22(24(27)29-14-30-25)23(32-34)16-6-8-17(9-7-16)26(36)31-20-5-3-4-10-28-20/h2-10,14-15,18-19H,1,11-13H2,(H2,27,29,30)(H,28,31,36)/t15-,18-,19+/m1/s1. The Labute approximate surface area is 206 Å². The van der Waals surface area contributed by atoms with E-state index >= 15 is 0 Å². The van der Waals surface area contributed by atoms with Crippen LogP contribution in [0.15, 0.2) is 67.6 Å². The highest BCUT2D eigenvalue weighted by Gasteiger charge is 2.48. The maximum atomic E-state index is 12.6. The Balaban J connectivity index is 1.35. The molecular weight excluding hydrogens is 456 g/mol. The number of piperidine rings is 1. The number of rotatable bonds is 5. The molecule has 3 aromatic heterocycles. The molecule has 1 aromatic carbocycles. The number of anilines is 2. The van der Waals surface area contributed by atoms with Crippen molar-refractivity contribution in [3.63, 3.8) is 0 Å². The van der Waals surface area contributed by atoms with Crippen LogP contribution in [0.1, 0.15) is 29.2 Å². The molecule has 2 amide bonds. The van der Waals surface area contributed by atoms with Crippen LogP contribution in [0, 0.1) is 5.92 Å². The molecule has 1 aliphatic heterocycles. The van der Waals surface area contributed by atoms with Gasteiger partial charge in [-0.1, -0.05) is 24.8 Å². The Kier molecular flexibility index (Phi) is 5.21. The molecular formula is C26H24N8O2. The van der Waals surface area contributed by atoms with Gasteiger partial charge in [-0.3, -0.25) is 9.59 Å². The molecule has 180 valence electrons. The van der Waals surface area contributed by atoms with Crippen LogP contribution in [0.25, 0.3) is 22.3 Å².